The van der Waals surface area contributed by atoms with Crippen molar-refractivity contribution in [3.8, 4) is 0 Å². The molecule has 0 saturated heterocycles. The second-order valence-electron chi connectivity index (χ2n) is 3.52. The molecule has 0 aromatic rings. The summed E-state index contributed by atoms with van der Waals surface area (Å²) in [6.45, 7) is 0.273. The fourth-order valence-electron chi connectivity index (χ4n) is 1.28. The third-order valence-corrected chi connectivity index (χ3v) is 2.27. The quantitative estimate of drug-likeness (QED) is 0.532. The van der Waals surface area contributed by atoms with Crippen molar-refractivity contribution in [3.63, 3.8) is 0 Å². The Bertz CT molecular complexity index is 168. The molecular formula is C9H17NO3. The van der Waals surface area contributed by atoms with Crippen molar-refractivity contribution in [2.75, 3.05) is 13.2 Å². The highest BCUT2D eigenvalue weighted by Gasteiger charge is 2.29. The Hall–Kier alpha value is -0.610. The van der Waals surface area contributed by atoms with E-state index in [-0.39, 0.29) is 18.6 Å². The molecule has 0 radical (unpaired) electrons. The van der Waals surface area contributed by atoms with E-state index in [1.165, 1.54) is 0 Å². The standard InChI is InChI=1S/C9H17NO3/c11-6-5-10-9(13)4-3-8(12)7-1-2-7/h7-8,11-12H,1-6H2,(H,10,13). The molecule has 0 aromatic carbocycles. The van der Waals surface area contributed by atoms with Gasteiger partial charge in [-0.05, 0) is 25.2 Å². The van der Waals surface area contributed by atoms with Crippen molar-refractivity contribution in [3.05, 3.63) is 0 Å². The zero-order chi connectivity index (χ0) is 9.68. The Morgan fingerprint density at radius 2 is 2.23 bits per heavy atom. The fourth-order valence-corrected chi connectivity index (χ4v) is 1.28. The minimum absolute atomic E-state index is 0.0308. The van der Waals surface area contributed by atoms with Crippen molar-refractivity contribution >= 4 is 5.91 Å². The molecule has 1 amide bonds. The molecule has 4 heteroatoms. The lowest BCUT2D eigenvalue weighted by Crippen LogP contribution is -2.27. The summed E-state index contributed by atoms with van der Waals surface area (Å²) in [4.78, 5) is 11.0. The smallest absolute Gasteiger partial charge is 0.220 e. The summed E-state index contributed by atoms with van der Waals surface area (Å²) in [5.41, 5.74) is 0. The summed E-state index contributed by atoms with van der Waals surface area (Å²) in [6, 6.07) is 0. The van der Waals surface area contributed by atoms with Crippen LogP contribution < -0.4 is 5.32 Å². The number of amides is 1. The zero-order valence-corrected chi connectivity index (χ0v) is 7.70. The van der Waals surface area contributed by atoms with E-state index in [0.717, 1.165) is 12.8 Å². The van der Waals surface area contributed by atoms with Crippen LogP contribution in [0.4, 0.5) is 0 Å². The first-order chi connectivity index (χ1) is 6.24. The van der Waals surface area contributed by atoms with E-state index in [2.05, 4.69) is 5.32 Å². The first-order valence-electron chi connectivity index (χ1n) is 4.79. The summed E-state index contributed by atoms with van der Waals surface area (Å²) in [7, 11) is 0. The number of carbonyl (C=O) groups excluding carboxylic acids is 1. The highest BCUT2D eigenvalue weighted by Crippen LogP contribution is 2.34. The Morgan fingerprint density at radius 3 is 2.77 bits per heavy atom. The van der Waals surface area contributed by atoms with Crippen molar-refractivity contribution in [2.24, 2.45) is 5.92 Å². The maximum atomic E-state index is 11.0. The van der Waals surface area contributed by atoms with E-state index in [4.69, 9.17) is 5.11 Å². The van der Waals surface area contributed by atoms with Crippen LogP contribution in [0.15, 0.2) is 0 Å². The van der Waals surface area contributed by atoms with Crippen molar-refractivity contribution < 1.29 is 15.0 Å². The van der Waals surface area contributed by atoms with Gasteiger partial charge in [0.1, 0.15) is 0 Å². The summed E-state index contributed by atoms with van der Waals surface area (Å²) in [5.74, 6) is 0.347. The molecule has 4 nitrogen and oxygen atoms in total. The van der Waals surface area contributed by atoms with Crippen LogP contribution in [0.1, 0.15) is 25.7 Å². The van der Waals surface area contributed by atoms with Crippen molar-refractivity contribution in [1.29, 1.82) is 0 Å². The molecule has 13 heavy (non-hydrogen) atoms. The van der Waals surface area contributed by atoms with E-state index in [0.29, 0.717) is 25.3 Å². The zero-order valence-electron chi connectivity index (χ0n) is 7.70. The number of rotatable bonds is 6. The second-order valence-corrected chi connectivity index (χ2v) is 3.52. The molecule has 76 valence electrons. The average Bonchev–Trinajstić information content (AvgIpc) is 2.93. The van der Waals surface area contributed by atoms with Crippen LogP contribution in [0.2, 0.25) is 0 Å². The van der Waals surface area contributed by atoms with Gasteiger partial charge in [0.25, 0.3) is 0 Å². The molecule has 3 N–H and O–H groups in total. The van der Waals surface area contributed by atoms with Gasteiger partial charge >= 0.3 is 0 Å². The number of hydrogen-bond donors (Lipinski definition) is 3. The molecule has 0 aromatic heterocycles. The summed E-state index contributed by atoms with van der Waals surface area (Å²) >= 11 is 0. The minimum atomic E-state index is -0.306. The predicted octanol–water partition coefficient (Wildman–Crippen LogP) is -0.354. The Morgan fingerprint density at radius 1 is 1.54 bits per heavy atom. The summed E-state index contributed by atoms with van der Waals surface area (Å²) < 4.78 is 0. The molecule has 0 spiro atoms. The lowest BCUT2D eigenvalue weighted by molar-refractivity contribution is -0.121. The lowest BCUT2D eigenvalue weighted by atomic mass is 10.1. The van der Waals surface area contributed by atoms with Crippen LogP contribution in [0.25, 0.3) is 0 Å². The van der Waals surface area contributed by atoms with Gasteiger partial charge in [-0.2, -0.15) is 0 Å². The van der Waals surface area contributed by atoms with Crippen LogP contribution in [-0.4, -0.2) is 35.4 Å². The number of carbonyl (C=O) groups is 1. The normalized spacial score (nSPS) is 18.3. The molecule has 1 aliphatic rings. The van der Waals surface area contributed by atoms with Gasteiger partial charge in [0, 0.05) is 13.0 Å². The highest BCUT2D eigenvalue weighted by atomic mass is 16.3. The molecular weight excluding hydrogens is 170 g/mol. The van der Waals surface area contributed by atoms with Crippen LogP contribution in [0.5, 0.6) is 0 Å². The molecule has 0 aliphatic heterocycles. The maximum absolute atomic E-state index is 11.0. The van der Waals surface area contributed by atoms with E-state index < -0.39 is 0 Å². The molecule has 0 bridgehead atoms. The molecule has 1 fully saturated rings. The maximum Gasteiger partial charge on any atom is 0.220 e. The first kappa shape index (κ1) is 10.5. The number of aliphatic hydroxyl groups is 2. The molecule has 1 atom stereocenters. The van der Waals surface area contributed by atoms with Gasteiger partial charge in [-0.1, -0.05) is 0 Å². The molecule has 1 unspecified atom stereocenters. The molecule has 1 aliphatic carbocycles. The minimum Gasteiger partial charge on any atom is -0.395 e. The van der Waals surface area contributed by atoms with Gasteiger partial charge in [0.05, 0.1) is 12.7 Å². The monoisotopic (exact) mass is 187 g/mol. The van der Waals surface area contributed by atoms with E-state index in [1.54, 1.807) is 0 Å². The van der Waals surface area contributed by atoms with E-state index in [9.17, 15) is 9.90 Å². The second kappa shape index (κ2) is 5.19. The van der Waals surface area contributed by atoms with Gasteiger partial charge in [-0.15, -0.1) is 0 Å². The molecule has 1 saturated carbocycles. The third kappa shape index (κ3) is 4.24. The van der Waals surface area contributed by atoms with E-state index >= 15 is 0 Å². The van der Waals surface area contributed by atoms with Crippen LogP contribution in [-0.2, 0) is 4.79 Å². The Kier molecular flexibility index (Phi) is 4.18. The fraction of sp³-hybridized carbons (Fsp3) is 0.889. The summed E-state index contributed by atoms with van der Waals surface area (Å²) in [6.07, 6.45) is 2.79. The Labute approximate surface area is 78.0 Å². The van der Waals surface area contributed by atoms with Crippen molar-refractivity contribution in [2.45, 2.75) is 31.8 Å². The van der Waals surface area contributed by atoms with Gasteiger partial charge in [0.2, 0.25) is 5.91 Å². The van der Waals surface area contributed by atoms with Crippen LogP contribution in [0, 0.1) is 5.92 Å². The highest BCUT2D eigenvalue weighted by molar-refractivity contribution is 5.75. The van der Waals surface area contributed by atoms with Crippen LogP contribution in [0.3, 0.4) is 0 Å². The van der Waals surface area contributed by atoms with Gasteiger partial charge in [0.15, 0.2) is 0 Å². The largest absolute Gasteiger partial charge is 0.395 e. The third-order valence-electron chi connectivity index (χ3n) is 2.27. The van der Waals surface area contributed by atoms with E-state index in [1.807, 2.05) is 0 Å². The van der Waals surface area contributed by atoms with Gasteiger partial charge < -0.3 is 15.5 Å². The predicted molar refractivity (Wildman–Crippen MR) is 48.1 cm³/mol. The number of aliphatic hydroxyl groups excluding tert-OH is 2. The van der Waals surface area contributed by atoms with Crippen LogP contribution >= 0.6 is 0 Å². The van der Waals surface area contributed by atoms with Gasteiger partial charge in [-0.3, -0.25) is 4.79 Å². The molecule has 1 rings (SSSR count). The molecule has 0 heterocycles. The topological polar surface area (TPSA) is 69.6 Å². The number of nitrogens with one attached hydrogen (secondary N) is 1. The van der Waals surface area contributed by atoms with Crippen molar-refractivity contribution in [1.82, 2.24) is 5.32 Å². The van der Waals surface area contributed by atoms with Gasteiger partial charge in [-0.25, -0.2) is 0 Å². The summed E-state index contributed by atoms with van der Waals surface area (Å²) in [5, 5.41) is 20.4. The average molecular weight is 187 g/mol. The SMILES string of the molecule is O=C(CCC(O)C1CC1)NCCO. The first-order valence-corrected chi connectivity index (χ1v) is 4.79. The Balaban J connectivity index is 2.00. The lowest BCUT2D eigenvalue weighted by Gasteiger charge is -2.08. The number of hydrogen-bond acceptors (Lipinski definition) is 3.